The molecule has 1 fully saturated rings. The Kier molecular flexibility index (Phi) is 8.30. The number of carbonyl (C=O) groups is 1. The highest BCUT2D eigenvalue weighted by molar-refractivity contribution is 7.52. The Labute approximate surface area is 226 Å². The van der Waals surface area contributed by atoms with Gasteiger partial charge in [-0.2, -0.15) is 10.1 Å². The van der Waals surface area contributed by atoms with Gasteiger partial charge in [0.25, 0.3) is 10.7 Å². The molecule has 212 valence electrons. The standard InChI is InChI=1S/C22H27ClFN6O8P/c1-11(2)36-19(33)12(3)29-39(34,38-13-7-5-4-6-8-13)35-9-14-16(31)22(23,24)20(37-14)30-10-26-15-17(30)27-21(25)28-18(15)32/h4-8,10-12,14,16,20,31H,9H2,1-3H3,(H,29,34)(H3,25,27,28,32)/t12?,14-,16-,20-,22-,39?/m1/s1. The number of anilines is 1. The van der Waals surface area contributed by atoms with E-state index in [1.54, 1.807) is 32.0 Å². The lowest BCUT2D eigenvalue weighted by atomic mass is 10.1. The van der Waals surface area contributed by atoms with Gasteiger partial charge in [0, 0.05) is 0 Å². The Morgan fingerprint density at radius 1 is 1.38 bits per heavy atom. The summed E-state index contributed by atoms with van der Waals surface area (Å²) in [7, 11) is -4.35. The van der Waals surface area contributed by atoms with E-state index in [-0.39, 0.29) is 22.9 Å². The van der Waals surface area contributed by atoms with Crippen LogP contribution in [0.15, 0.2) is 41.5 Å². The van der Waals surface area contributed by atoms with Gasteiger partial charge in [0.1, 0.15) is 24.0 Å². The average molecular weight is 589 g/mol. The van der Waals surface area contributed by atoms with E-state index in [4.69, 9.17) is 35.9 Å². The molecule has 39 heavy (non-hydrogen) atoms. The molecule has 3 heterocycles. The second-order valence-corrected chi connectivity index (χ2v) is 11.2. The van der Waals surface area contributed by atoms with Gasteiger partial charge in [-0.15, -0.1) is 0 Å². The number of halogens is 2. The number of nitrogen functional groups attached to an aromatic ring is 1. The fourth-order valence-corrected chi connectivity index (χ4v) is 5.53. The van der Waals surface area contributed by atoms with Crippen molar-refractivity contribution < 1.29 is 37.4 Å². The maximum absolute atomic E-state index is 15.6. The van der Waals surface area contributed by atoms with Crippen LogP contribution in [0.5, 0.6) is 5.75 Å². The predicted molar refractivity (Wildman–Crippen MR) is 137 cm³/mol. The molecule has 1 aromatic carbocycles. The smallest absolute Gasteiger partial charge is 0.459 e. The summed E-state index contributed by atoms with van der Waals surface area (Å²) in [5.41, 5.74) is 4.60. The lowest BCUT2D eigenvalue weighted by molar-refractivity contribution is -0.149. The van der Waals surface area contributed by atoms with Crippen LogP contribution in [0.3, 0.4) is 0 Å². The number of para-hydroxylation sites is 1. The fourth-order valence-electron chi connectivity index (χ4n) is 3.73. The first-order valence-corrected chi connectivity index (χ1v) is 13.6. The van der Waals surface area contributed by atoms with Gasteiger partial charge in [0.15, 0.2) is 17.4 Å². The van der Waals surface area contributed by atoms with Gasteiger partial charge in [-0.1, -0.05) is 29.8 Å². The number of fused-ring (bicyclic) bond motifs is 1. The van der Waals surface area contributed by atoms with Crippen LogP contribution in [0, 0.1) is 0 Å². The number of esters is 1. The Bertz CT molecular complexity index is 1440. The van der Waals surface area contributed by atoms with Crippen molar-refractivity contribution in [3.63, 3.8) is 0 Å². The summed E-state index contributed by atoms with van der Waals surface area (Å²) in [5.74, 6) is -0.846. The van der Waals surface area contributed by atoms with Crippen LogP contribution in [0.4, 0.5) is 10.3 Å². The maximum Gasteiger partial charge on any atom is 0.459 e. The molecule has 4 rings (SSSR count). The largest absolute Gasteiger partial charge is 0.462 e. The third-order valence-electron chi connectivity index (χ3n) is 5.52. The number of hydrogen-bond donors (Lipinski definition) is 4. The van der Waals surface area contributed by atoms with Crippen LogP contribution in [0.25, 0.3) is 11.2 Å². The van der Waals surface area contributed by atoms with E-state index in [9.17, 15) is 19.3 Å². The van der Waals surface area contributed by atoms with Crippen molar-refractivity contribution in [2.24, 2.45) is 0 Å². The summed E-state index contributed by atoms with van der Waals surface area (Å²) < 4.78 is 52.0. The first-order chi connectivity index (χ1) is 18.3. The summed E-state index contributed by atoms with van der Waals surface area (Å²) in [6, 6.07) is 6.82. The number of hydrogen-bond acceptors (Lipinski definition) is 11. The van der Waals surface area contributed by atoms with Gasteiger partial charge in [-0.05, 0) is 32.9 Å². The summed E-state index contributed by atoms with van der Waals surface area (Å²) in [4.78, 5) is 34.5. The number of H-pyrrole nitrogens is 1. The molecule has 2 unspecified atom stereocenters. The normalized spacial score (nSPS) is 25.5. The van der Waals surface area contributed by atoms with Crippen LogP contribution >= 0.6 is 19.3 Å². The molecule has 1 saturated heterocycles. The van der Waals surface area contributed by atoms with Gasteiger partial charge in [-0.3, -0.25) is 23.7 Å². The SMILES string of the molecule is CC(C)OC(=O)C(C)NP(=O)(OC[C@H]1O[C@@H](n2cnc3c(=O)[nH]c(N)nc32)[C@@](F)(Cl)[C@@H]1O)Oc1ccccc1. The summed E-state index contributed by atoms with van der Waals surface area (Å²) >= 11 is 6.04. The van der Waals surface area contributed by atoms with Gasteiger partial charge >= 0.3 is 13.7 Å². The lowest BCUT2D eigenvalue weighted by Gasteiger charge is -2.25. The zero-order chi connectivity index (χ0) is 28.5. The second-order valence-electron chi connectivity index (χ2n) is 8.96. The monoisotopic (exact) mass is 588 g/mol. The number of nitrogens with two attached hydrogens (primary N) is 1. The van der Waals surface area contributed by atoms with Crippen molar-refractivity contribution in [1.29, 1.82) is 0 Å². The van der Waals surface area contributed by atoms with E-state index in [2.05, 4.69) is 20.0 Å². The molecule has 1 aliphatic heterocycles. The predicted octanol–water partition coefficient (Wildman–Crippen LogP) is 2.00. The highest BCUT2D eigenvalue weighted by atomic mass is 35.5. The molecule has 14 nitrogen and oxygen atoms in total. The van der Waals surface area contributed by atoms with Crippen molar-refractivity contribution in [3.8, 4) is 5.75 Å². The molecule has 2 aromatic heterocycles. The van der Waals surface area contributed by atoms with E-state index >= 15 is 4.39 Å². The molecular formula is C22H27ClFN6O8P. The topological polar surface area (TPSA) is 193 Å². The Morgan fingerprint density at radius 3 is 2.74 bits per heavy atom. The molecule has 3 aromatic rings. The van der Waals surface area contributed by atoms with Crippen molar-refractivity contribution >= 4 is 42.4 Å². The molecule has 0 saturated carbocycles. The van der Waals surface area contributed by atoms with Crippen LogP contribution in [-0.2, 0) is 23.4 Å². The first kappa shape index (κ1) is 28.9. The van der Waals surface area contributed by atoms with Crippen molar-refractivity contribution in [2.75, 3.05) is 12.3 Å². The quantitative estimate of drug-likeness (QED) is 0.153. The Hall–Kier alpha value is -3.07. The minimum absolute atomic E-state index is 0.138. The van der Waals surface area contributed by atoms with Gasteiger partial charge in [0.05, 0.1) is 19.0 Å². The molecule has 0 amide bonds. The van der Waals surface area contributed by atoms with E-state index in [0.29, 0.717) is 0 Å². The third kappa shape index (κ3) is 6.24. The third-order valence-corrected chi connectivity index (χ3v) is 7.57. The van der Waals surface area contributed by atoms with Crippen LogP contribution in [-0.4, -0.2) is 66.7 Å². The molecule has 0 radical (unpaired) electrons. The molecule has 0 bridgehead atoms. The maximum atomic E-state index is 15.6. The summed E-state index contributed by atoms with van der Waals surface area (Å²) in [6.07, 6.45) is -4.60. The number of aliphatic hydroxyl groups is 1. The van der Waals surface area contributed by atoms with Crippen LogP contribution in [0.2, 0.25) is 0 Å². The van der Waals surface area contributed by atoms with E-state index in [0.717, 1.165) is 10.9 Å². The molecule has 1 aliphatic rings. The number of aliphatic hydroxyl groups excluding tert-OH is 1. The second kappa shape index (κ2) is 11.2. The highest BCUT2D eigenvalue weighted by Gasteiger charge is 2.58. The Balaban J connectivity index is 1.56. The number of aromatic amines is 1. The average Bonchev–Trinajstić information content (AvgIpc) is 3.36. The molecule has 5 N–H and O–H groups in total. The lowest BCUT2D eigenvalue weighted by Crippen LogP contribution is -2.40. The molecular weight excluding hydrogens is 562 g/mol. The number of aromatic nitrogens is 4. The van der Waals surface area contributed by atoms with Gasteiger partial charge in [0.2, 0.25) is 5.95 Å². The van der Waals surface area contributed by atoms with Crippen molar-refractivity contribution in [3.05, 3.63) is 47.0 Å². The highest BCUT2D eigenvalue weighted by Crippen LogP contribution is 2.49. The number of rotatable bonds is 10. The molecule has 17 heteroatoms. The van der Waals surface area contributed by atoms with Gasteiger partial charge < -0.3 is 24.8 Å². The fraction of sp³-hybridized carbons (Fsp3) is 0.455. The van der Waals surface area contributed by atoms with Crippen LogP contribution < -0.4 is 20.9 Å². The summed E-state index contributed by atoms with van der Waals surface area (Å²) in [6.45, 7) is 3.99. The van der Waals surface area contributed by atoms with E-state index in [1.165, 1.54) is 19.1 Å². The van der Waals surface area contributed by atoms with E-state index in [1.807, 2.05) is 0 Å². The molecule has 6 atom stereocenters. The van der Waals surface area contributed by atoms with E-state index < -0.39 is 61.6 Å². The van der Waals surface area contributed by atoms with Crippen molar-refractivity contribution in [1.82, 2.24) is 24.6 Å². The molecule has 0 aliphatic carbocycles. The van der Waals surface area contributed by atoms with Crippen molar-refractivity contribution in [2.45, 2.75) is 56.5 Å². The zero-order valence-electron chi connectivity index (χ0n) is 21.0. The van der Waals surface area contributed by atoms with Gasteiger partial charge in [-0.25, -0.2) is 13.9 Å². The number of carbonyl (C=O) groups excluding carboxylic acids is 1. The number of nitrogens with one attached hydrogen (secondary N) is 2. The Morgan fingerprint density at radius 2 is 2.08 bits per heavy atom. The summed E-state index contributed by atoms with van der Waals surface area (Å²) in [5, 5.41) is 10.2. The van der Waals surface area contributed by atoms with Crippen LogP contribution in [0.1, 0.15) is 27.0 Å². The number of nitrogens with zero attached hydrogens (tertiary/aromatic N) is 3. The number of ether oxygens (including phenoxy) is 2. The minimum Gasteiger partial charge on any atom is -0.462 e. The first-order valence-electron chi connectivity index (χ1n) is 11.7. The number of alkyl halides is 2. The zero-order valence-corrected chi connectivity index (χ0v) is 22.6. The number of imidazole rings is 1. The molecule has 0 spiro atoms. The number of benzene rings is 1. The minimum atomic E-state index is -4.35.